The Hall–Kier alpha value is -1.67. The molecule has 86 valence electrons. The third-order valence-electron chi connectivity index (χ3n) is 3.46. The van der Waals surface area contributed by atoms with Gasteiger partial charge in [-0.25, -0.2) is 0 Å². The summed E-state index contributed by atoms with van der Waals surface area (Å²) in [6.45, 7) is 0. The quantitative estimate of drug-likeness (QED) is 0.871. The summed E-state index contributed by atoms with van der Waals surface area (Å²) >= 11 is 0. The van der Waals surface area contributed by atoms with Crippen LogP contribution >= 0.6 is 0 Å². The van der Waals surface area contributed by atoms with Crippen molar-refractivity contribution in [3.63, 3.8) is 0 Å². The number of pyridine rings is 1. The first-order chi connectivity index (χ1) is 8.36. The second-order valence-corrected chi connectivity index (χ2v) is 4.62. The lowest BCUT2D eigenvalue weighted by atomic mass is 10.0. The Bertz CT molecular complexity index is 483. The average molecular weight is 225 g/mol. The first-order valence-electron chi connectivity index (χ1n) is 6.00. The minimum atomic E-state index is -0.429. The Kier molecular flexibility index (Phi) is 2.65. The molecule has 1 fully saturated rings. The summed E-state index contributed by atoms with van der Waals surface area (Å²) in [5.41, 5.74) is 2.11. The van der Waals surface area contributed by atoms with Gasteiger partial charge in [0.25, 0.3) is 0 Å². The monoisotopic (exact) mass is 225 g/mol. The van der Waals surface area contributed by atoms with E-state index in [0.29, 0.717) is 11.8 Å². The third kappa shape index (κ3) is 2.08. The Labute approximate surface area is 101 Å². The molecule has 17 heavy (non-hydrogen) atoms. The van der Waals surface area contributed by atoms with Crippen molar-refractivity contribution in [2.24, 2.45) is 5.92 Å². The number of rotatable bonds is 3. The van der Waals surface area contributed by atoms with E-state index >= 15 is 0 Å². The van der Waals surface area contributed by atoms with Crippen molar-refractivity contribution < 1.29 is 5.11 Å². The van der Waals surface area contributed by atoms with Crippen LogP contribution in [0.5, 0.6) is 0 Å². The van der Waals surface area contributed by atoms with Crippen molar-refractivity contribution in [3.05, 3.63) is 66.0 Å². The van der Waals surface area contributed by atoms with Crippen molar-refractivity contribution in [2.45, 2.75) is 18.4 Å². The molecular weight excluding hydrogens is 210 g/mol. The van der Waals surface area contributed by atoms with E-state index in [1.54, 1.807) is 6.20 Å². The molecule has 3 atom stereocenters. The third-order valence-corrected chi connectivity index (χ3v) is 3.46. The van der Waals surface area contributed by atoms with E-state index < -0.39 is 6.10 Å². The molecule has 1 heterocycles. The smallest absolute Gasteiger partial charge is 0.0993 e. The van der Waals surface area contributed by atoms with Gasteiger partial charge in [-0.15, -0.1) is 0 Å². The second kappa shape index (κ2) is 4.30. The van der Waals surface area contributed by atoms with E-state index in [9.17, 15) is 5.11 Å². The predicted octanol–water partition coefficient (Wildman–Crippen LogP) is 2.92. The average Bonchev–Trinajstić information content (AvgIpc) is 3.20. The molecule has 0 radical (unpaired) electrons. The van der Waals surface area contributed by atoms with Gasteiger partial charge in [-0.3, -0.25) is 4.98 Å². The van der Waals surface area contributed by atoms with Gasteiger partial charge in [0.2, 0.25) is 0 Å². The van der Waals surface area contributed by atoms with E-state index in [2.05, 4.69) is 29.2 Å². The number of aliphatic hydroxyl groups is 1. The topological polar surface area (TPSA) is 33.1 Å². The van der Waals surface area contributed by atoms with Crippen molar-refractivity contribution >= 4 is 0 Å². The summed E-state index contributed by atoms with van der Waals surface area (Å²) in [5.74, 6) is 0.820. The number of hydrogen-bond donors (Lipinski definition) is 1. The Balaban J connectivity index is 1.73. The van der Waals surface area contributed by atoms with Crippen LogP contribution in [0.25, 0.3) is 0 Å². The summed E-state index contributed by atoms with van der Waals surface area (Å²) < 4.78 is 0. The van der Waals surface area contributed by atoms with Crippen LogP contribution in [0.3, 0.4) is 0 Å². The van der Waals surface area contributed by atoms with Crippen LogP contribution in [-0.2, 0) is 0 Å². The van der Waals surface area contributed by atoms with Gasteiger partial charge in [0.15, 0.2) is 0 Å². The summed E-state index contributed by atoms with van der Waals surface area (Å²) in [5, 5.41) is 10.2. The highest BCUT2D eigenvalue weighted by molar-refractivity contribution is 5.27. The molecule has 3 rings (SSSR count). The SMILES string of the molecule is OC(c1ccccn1)C1CC1c1ccccc1. The first kappa shape index (κ1) is 10.5. The maximum atomic E-state index is 10.2. The Morgan fingerprint density at radius 2 is 1.82 bits per heavy atom. The van der Waals surface area contributed by atoms with E-state index in [0.717, 1.165) is 12.1 Å². The van der Waals surface area contributed by atoms with Crippen LogP contribution in [-0.4, -0.2) is 10.1 Å². The van der Waals surface area contributed by atoms with Crippen molar-refractivity contribution in [1.29, 1.82) is 0 Å². The van der Waals surface area contributed by atoms with Crippen molar-refractivity contribution in [1.82, 2.24) is 4.98 Å². The van der Waals surface area contributed by atoms with Crippen molar-refractivity contribution in [2.75, 3.05) is 0 Å². The standard InChI is InChI=1S/C15H15NO/c17-15(14-8-4-5-9-16-14)13-10-12(13)11-6-2-1-3-7-11/h1-9,12-13,15,17H,10H2. The predicted molar refractivity (Wildman–Crippen MR) is 66.5 cm³/mol. The summed E-state index contributed by atoms with van der Waals surface area (Å²) in [7, 11) is 0. The molecule has 1 N–H and O–H groups in total. The van der Waals surface area contributed by atoms with E-state index in [1.807, 2.05) is 24.3 Å². The fourth-order valence-electron chi connectivity index (χ4n) is 2.42. The lowest BCUT2D eigenvalue weighted by Crippen LogP contribution is -2.03. The molecule has 1 saturated carbocycles. The fourth-order valence-corrected chi connectivity index (χ4v) is 2.42. The van der Waals surface area contributed by atoms with Crippen LogP contribution in [0, 0.1) is 5.92 Å². The van der Waals surface area contributed by atoms with Crippen LogP contribution in [0.15, 0.2) is 54.7 Å². The van der Waals surface area contributed by atoms with Crippen LogP contribution in [0.1, 0.15) is 29.7 Å². The largest absolute Gasteiger partial charge is 0.386 e. The molecule has 1 aromatic carbocycles. The van der Waals surface area contributed by atoms with Crippen LogP contribution < -0.4 is 0 Å². The zero-order valence-corrected chi connectivity index (χ0v) is 9.53. The van der Waals surface area contributed by atoms with Crippen LogP contribution in [0.4, 0.5) is 0 Å². The zero-order valence-electron chi connectivity index (χ0n) is 9.53. The minimum absolute atomic E-state index is 0.326. The molecule has 2 heteroatoms. The number of benzene rings is 1. The second-order valence-electron chi connectivity index (χ2n) is 4.62. The molecule has 1 aliphatic carbocycles. The molecule has 1 aliphatic rings. The fraction of sp³-hybridized carbons (Fsp3) is 0.267. The van der Waals surface area contributed by atoms with Crippen molar-refractivity contribution in [3.8, 4) is 0 Å². The number of hydrogen-bond acceptors (Lipinski definition) is 2. The van der Waals surface area contributed by atoms with Crippen LogP contribution in [0.2, 0.25) is 0 Å². The van der Waals surface area contributed by atoms with Gasteiger partial charge in [0, 0.05) is 6.20 Å². The molecule has 0 spiro atoms. The molecule has 2 nitrogen and oxygen atoms in total. The van der Waals surface area contributed by atoms with Gasteiger partial charge < -0.3 is 5.11 Å². The number of aromatic nitrogens is 1. The summed E-state index contributed by atoms with van der Waals surface area (Å²) in [4.78, 5) is 4.22. The van der Waals surface area contributed by atoms with E-state index in [1.165, 1.54) is 5.56 Å². The zero-order chi connectivity index (χ0) is 11.7. The van der Waals surface area contributed by atoms with E-state index in [4.69, 9.17) is 0 Å². The van der Waals surface area contributed by atoms with Gasteiger partial charge in [0.05, 0.1) is 11.8 Å². The lowest BCUT2D eigenvalue weighted by Gasteiger charge is -2.09. The maximum absolute atomic E-state index is 10.2. The highest BCUT2D eigenvalue weighted by atomic mass is 16.3. The molecule has 1 aromatic heterocycles. The van der Waals surface area contributed by atoms with E-state index in [-0.39, 0.29) is 0 Å². The van der Waals surface area contributed by atoms with Gasteiger partial charge in [-0.05, 0) is 36.0 Å². The number of nitrogens with zero attached hydrogens (tertiary/aromatic N) is 1. The molecule has 0 aliphatic heterocycles. The molecule has 3 unspecified atom stereocenters. The first-order valence-corrected chi connectivity index (χ1v) is 6.00. The minimum Gasteiger partial charge on any atom is -0.386 e. The van der Waals surface area contributed by atoms with Gasteiger partial charge in [-0.1, -0.05) is 36.4 Å². The van der Waals surface area contributed by atoms with Gasteiger partial charge >= 0.3 is 0 Å². The lowest BCUT2D eigenvalue weighted by molar-refractivity contribution is 0.146. The maximum Gasteiger partial charge on any atom is 0.0993 e. The van der Waals surface area contributed by atoms with Gasteiger partial charge in [0.1, 0.15) is 0 Å². The summed E-state index contributed by atoms with van der Waals surface area (Å²) in [6, 6.07) is 16.1. The molecule has 0 bridgehead atoms. The number of aliphatic hydroxyl groups excluding tert-OH is 1. The molecular formula is C15H15NO. The normalized spacial score (nSPS) is 24.3. The Morgan fingerprint density at radius 3 is 2.53 bits per heavy atom. The van der Waals surface area contributed by atoms with Gasteiger partial charge in [-0.2, -0.15) is 0 Å². The molecule has 0 saturated heterocycles. The molecule has 0 amide bonds. The molecule has 2 aromatic rings. The summed E-state index contributed by atoms with van der Waals surface area (Å²) in [6.07, 6.45) is 2.36. The highest BCUT2D eigenvalue weighted by Crippen LogP contribution is 2.53. The Morgan fingerprint density at radius 1 is 1.06 bits per heavy atom. The highest BCUT2D eigenvalue weighted by Gasteiger charge is 2.44.